The van der Waals surface area contributed by atoms with E-state index in [4.69, 9.17) is 14.6 Å². The summed E-state index contributed by atoms with van der Waals surface area (Å²) >= 11 is 0. The SMILES string of the molecule is CN1C(=O)C(NC(=O)c2cc(Oc3ccccc3)ccn2)COc2ccc(C#CC(=O)O)cc21. The fraction of sp³-hybridized carbons (Fsp3) is 0.120. The second kappa shape index (κ2) is 9.75. The molecule has 34 heavy (non-hydrogen) atoms. The third-order valence-corrected chi connectivity index (χ3v) is 4.92. The topological polar surface area (TPSA) is 118 Å². The summed E-state index contributed by atoms with van der Waals surface area (Å²) < 4.78 is 11.5. The largest absolute Gasteiger partial charge is 0.489 e. The Balaban J connectivity index is 1.49. The maximum absolute atomic E-state index is 13.0. The van der Waals surface area contributed by atoms with Gasteiger partial charge in [-0.3, -0.25) is 14.6 Å². The van der Waals surface area contributed by atoms with Crippen LogP contribution in [0.4, 0.5) is 5.69 Å². The number of fused-ring (bicyclic) bond motifs is 1. The molecule has 2 N–H and O–H groups in total. The van der Waals surface area contributed by atoms with Gasteiger partial charge in [-0.1, -0.05) is 24.1 Å². The van der Waals surface area contributed by atoms with Crippen LogP contribution in [0, 0.1) is 11.8 Å². The maximum Gasteiger partial charge on any atom is 0.382 e. The summed E-state index contributed by atoms with van der Waals surface area (Å²) in [4.78, 5) is 42.0. The number of hydrogen-bond donors (Lipinski definition) is 2. The number of hydrogen-bond acceptors (Lipinski definition) is 6. The number of amides is 2. The first kappa shape index (κ1) is 22.4. The molecule has 1 aliphatic rings. The van der Waals surface area contributed by atoms with Gasteiger partial charge in [-0.15, -0.1) is 0 Å². The van der Waals surface area contributed by atoms with E-state index in [0.717, 1.165) is 0 Å². The summed E-state index contributed by atoms with van der Waals surface area (Å²) in [5.41, 5.74) is 0.901. The highest BCUT2D eigenvalue weighted by atomic mass is 16.5. The quantitative estimate of drug-likeness (QED) is 0.578. The minimum Gasteiger partial charge on any atom is -0.489 e. The highest BCUT2D eigenvalue weighted by Crippen LogP contribution is 2.31. The second-order valence-electron chi connectivity index (χ2n) is 7.26. The van der Waals surface area contributed by atoms with Gasteiger partial charge in [0.15, 0.2) is 0 Å². The number of anilines is 1. The Hall–Kier alpha value is -4.84. The number of carbonyl (C=O) groups is 3. The highest BCUT2D eigenvalue weighted by molar-refractivity contribution is 6.03. The van der Waals surface area contributed by atoms with Crippen LogP contribution < -0.4 is 19.7 Å². The molecule has 9 heteroatoms. The number of carbonyl (C=O) groups excluding carboxylic acids is 2. The number of carboxylic acids is 1. The molecule has 2 heterocycles. The molecule has 170 valence electrons. The molecule has 2 aromatic carbocycles. The summed E-state index contributed by atoms with van der Waals surface area (Å²) in [5.74, 6) is 3.75. The molecular formula is C25H19N3O6. The van der Waals surface area contributed by atoms with Crippen molar-refractivity contribution in [2.45, 2.75) is 6.04 Å². The van der Waals surface area contributed by atoms with Crippen LogP contribution in [0.5, 0.6) is 17.2 Å². The van der Waals surface area contributed by atoms with Gasteiger partial charge in [0.05, 0.1) is 5.69 Å². The van der Waals surface area contributed by atoms with Gasteiger partial charge in [-0.25, -0.2) is 4.79 Å². The fourth-order valence-corrected chi connectivity index (χ4v) is 3.26. The van der Waals surface area contributed by atoms with E-state index in [1.807, 2.05) is 24.1 Å². The third kappa shape index (κ3) is 5.14. The average Bonchev–Trinajstić information content (AvgIpc) is 2.95. The predicted molar refractivity (Wildman–Crippen MR) is 122 cm³/mol. The Morgan fingerprint density at radius 2 is 1.94 bits per heavy atom. The van der Waals surface area contributed by atoms with Crippen LogP contribution in [0.3, 0.4) is 0 Å². The minimum atomic E-state index is -1.26. The number of likely N-dealkylation sites (N-methyl/N-ethyl adjacent to an activating group) is 1. The smallest absolute Gasteiger partial charge is 0.382 e. The minimum absolute atomic E-state index is 0.0804. The molecular weight excluding hydrogens is 438 g/mol. The molecule has 0 saturated carbocycles. The Kier molecular flexibility index (Phi) is 6.41. The first-order valence-electron chi connectivity index (χ1n) is 10.2. The van der Waals surface area contributed by atoms with Crippen molar-refractivity contribution in [1.29, 1.82) is 0 Å². The van der Waals surface area contributed by atoms with Crippen molar-refractivity contribution in [3.63, 3.8) is 0 Å². The number of nitrogens with one attached hydrogen (secondary N) is 1. The molecule has 2 amide bonds. The van der Waals surface area contributed by atoms with E-state index >= 15 is 0 Å². The number of carboxylic acid groups (broad SMARTS) is 1. The lowest BCUT2D eigenvalue weighted by Crippen LogP contribution is -2.49. The van der Waals surface area contributed by atoms with E-state index in [9.17, 15) is 14.4 Å². The molecule has 1 atom stereocenters. The zero-order valence-electron chi connectivity index (χ0n) is 18.0. The molecule has 4 rings (SSSR count). The number of nitrogens with zero attached hydrogens (tertiary/aromatic N) is 2. The summed E-state index contributed by atoms with van der Waals surface area (Å²) in [6.07, 6.45) is 1.44. The number of aromatic nitrogens is 1. The van der Waals surface area contributed by atoms with Gasteiger partial charge in [-0.05, 0) is 36.4 Å². The third-order valence-electron chi connectivity index (χ3n) is 4.92. The van der Waals surface area contributed by atoms with Crippen molar-refractivity contribution in [3.8, 4) is 29.1 Å². The number of rotatable bonds is 4. The summed E-state index contributed by atoms with van der Waals surface area (Å²) in [6.45, 7) is -0.0950. The molecule has 1 aromatic heterocycles. The molecule has 0 bridgehead atoms. The molecule has 1 unspecified atom stereocenters. The van der Waals surface area contributed by atoms with Gasteiger partial charge in [0.1, 0.15) is 35.6 Å². The van der Waals surface area contributed by atoms with Gasteiger partial charge in [0.2, 0.25) is 0 Å². The van der Waals surface area contributed by atoms with Gasteiger partial charge in [-0.2, -0.15) is 0 Å². The van der Waals surface area contributed by atoms with E-state index in [1.54, 1.807) is 36.4 Å². The van der Waals surface area contributed by atoms with E-state index < -0.39 is 23.8 Å². The van der Waals surface area contributed by atoms with Crippen molar-refractivity contribution < 1.29 is 29.0 Å². The van der Waals surface area contributed by atoms with Crippen LogP contribution in [0.2, 0.25) is 0 Å². The monoisotopic (exact) mass is 457 g/mol. The second-order valence-corrected chi connectivity index (χ2v) is 7.26. The van der Waals surface area contributed by atoms with E-state index in [0.29, 0.717) is 28.5 Å². The van der Waals surface area contributed by atoms with Crippen molar-refractivity contribution in [2.24, 2.45) is 0 Å². The van der Waals surface area contributed by atoms with Crippen LogP contribution in [-0.4, -0.2) is 47.6 Å². The Labute approximate surface area is 194 Å². The number of pyridine rings is 1. The molecule has 9 nitrogen and oxygen atoms in total. The van der Waals surface area contributed by atoms with Crippen LogP contribution >= 0.6 is 0 Å². The summed E-state index contributed by atoms with van der Waals surface area (Å²) in [6, 6.07) is 16.0. The lowest BCUT2D eigenvalue weighted by Gasteiger charge is -2.20. The Morgan fingerprint density at radius 1 is 1.15 bits per heavy atom. The zero-order valence-corrected chi connectivity index (χ0v) is 18.0. The summed E-state index contributed by atoms with van der Waals surface area (Å²) in [7, 11) is 1.54. The maximum atomic E-state index is 13.0. The van der Waals surface area contributed by atoms with Crippen molar-refractivity contribution >= 4 is 23.5 Å². The standard InChI is InChI=1S/C25H19N3O6/c1-28-21-13-16(8-10-23(29)30)7-9-22(21)33-15-20(25(28)32)27-24(31)19-14-18(11-12-26-19)34-17-5-3-2-4-6-17/h2-7,9,11-14,20H,15H2,1H3,(H,27,31)(H,29,30). The highest BCUT2D eigenvalue weighted by Gasteiger charge is 2.31. The molecule has 0 fully saturated rings. The lowest BCUT2D eigenvalue weighted by atomic mass is 10.1. The van der Waals surface area contributed by atoms with E-state index in [-0.39, 0.29) is 12.3 Å². The average molecular weight is 457 g/mol. The number of benzene rings is 2. The first-order chi connectivity index (χ1) is 16.4. The molecule has 0 radical (unpaired) electrons. The van der Waals surface area contributed by atoms with Crippen LogP contribution in [0.25, 0.3) is 0 Å². The van der Waals surface area contributed by atoms with E-state index in [1.165, 1.54) is 24.2 Å². The van der Waals surface area contributed by atoms with Gasteiger partial charge < -0.3 is 24.8 Å². The van der Waals surface area contributed by atoms with Crippen molar-refractivity contribution in [1.82, 2.24) is 10.3 Å². The molecule has 0 saturated heterocycles. The van der Waals surface area contributed by atoms with Gasteiger partial charge >= 0.3 is 5.97 Å². The van der Waals surface area contributed by atoms with Crippen LogP contribution in [0.1, 0.15) is 16.1 Å². The number of ether oxygens (including phenoxy) is 2. The summed E-state index contributed by atoms with van der Waals surface area (Å²) in [5, 5.41) is 11.4. The number of para-hydroxylation sites is 1. The zero-order chi connectivity index (χ0) is 24.1. The molecule has 0 aliphatic carbocycles. The Bertz CT molecular complexity index is 1310. The molecule has 0 spiro atoms. The first-order valence-corrected chi connectivity index (χ1v) is 10.2. The van der Waals surface area contributed by atoms with Gasteiger partial charge in [0, 0.05) is 30.8 Å². The molecule has 1 aliphatic heterocycles. The van der Waals surface area contributed by atoms with Crippen molar-refractivity contribution in [3.05, 3.63) is 78.1 Å². The normalized spacial score (nSPS) is 14.6. The van der Waals surface area contributed by atoms with Crippen LogP contribution in [-0.2, 0) is 9.59 Å². The number of aliphatic carboxylic acids is 1. The fourth-order valence-electron chi connectivity index (χ4n) is 3.26. The van der Waals surface area contributed by atoms with Gasteiger partial charge in [0.25, 0.3) is 11.8 Å². The Morgan fingerprint density at radius 3 is 2.71 bits per heavy atom. The lowest BCUT2D eigenvalue weighted by molar-refractivity contribution is -0.130. The van der Waals surface area contributed by atoms with Crippen LogP contribution in [0.15, 0.2) is 66.9 Å². The van der Waals surface area contributed by atoms with Crippen molar-refractivity contribution in [2.75, 3.05) is 18.6 Å². The molecule has 3 aromatic rings. The van der Waals surface area contributed by atoms with E-state index in [2.05, 4.69) is 16.2 Å². The predicted octanol–water partition coefficient (Wildman–Crippen LogP) is 2.46.